The van der Waals surface area contributed by atoms with E-state index in [9.17, 15) is 4.79 Å². The summed E-state index contributed by atoms with van der Waals surface area (Å²) < 4.78 is 0. The molecule has 1 rings (SSSR count). The minimum atomic E-state index is -0.227. The SMILES string of the molecule is C=CC(C(C)=O)c1ccccc1CN. The maximum atomic E-state index is 11.3. The van der Waals surface area contributed by atoms with E-state index in [-0.39, 0.29) is 11.7 Å². The Morgan fingerprint density at radius 2 is 2.21 bits per heavy atom. The van der Waals surface area contributed by atoms with Crippen molar-refractivity contribution < 1.29 is 4.79 Å². The van der Waals surface area contributed by atoms with Crippen LogP contribution in [0, 0.1) is 0 Å². The summed E-state index contributed by atoms with van der Waals surface area (Å²) in [7, 11) is 0. The summed E-state index contributed by atoms with van der Waals surface area (Å²) in [4.78, 5) is 11.3. The molecule has 74 valence electrons. The Morgan fingerprint density at radius 1 is 1.57 bits per heavy atom. The summed E-state index contributed by atoms with van der Waals surface area (Å²) in [6, 6.07) is 7.70. The molecule has 0 fully saturated rings. The lowest BCUT2D eigenvalue weighted by atomic mass is 9.91. The minimum Gasteiger partial charge on any atom is -0.326 e. The molecular weight excluding hydrogens is 174 g/mol. The number of rotatable bonds is 4. The molecule has 0 radical (unpaired) electrons. The van der Waals surface area contributed by atoms with Gasteiger partial charge in [-0.25, -0.2) is 0 Å². The standard InChI is InChI=1S/C12H15NO/c1-3-11(9(2)14)12-7-5-4-6-10(12)8-13/h3-7,11H,1,8,13H2,2H3. The van der Waals surface area contributed by atoms with E-state index in [4.69, 9.17) is 5.73 Å². The van der Waals surface area contributed by atoms with Crippen LogP contribution >= 0.6 is 0 Å². The fourth-order valence-corrected chi connectivity index (χ4v) is 1.54. The van der Waals surface area contributed by atoms with Crippen molar-refractivity contribution in [1.29, 1.82) is 0 Å². The molecule has 2 nitrogen and oxygen atoms in total. The van der Waals surface area contributed by atoms with Crippen LogP contribution < -0.4 is 5.73 Å². The van der Waals surface area contributed by atoms with Crippen LogP contribution in [0.5, 0.6) is 0 Å². The number of ketones is 1. The van der Waals surface area contributed by atoms with Gasteiger partial charge in [0.25, 0.3) is 0 Å². The minimum absolute atomic E-state index is 0.0981. The highest BCUT2D eigenvalue weighted by atomic mass is 16.1. The highest BCUT2D eigenvalue weighted by Gasteiger charge is 2.14. The topological polar surface area (TPSA) is 43.1 Å². The lowest BCUT2D eigenvalue weighted by Crippen LogP contribution is -2.10. The van der Waals surface area contributed by atoms with Crippen molar-refractivity contribution in [2.75, 3.05) is 0 Å². The van der Waals surface area contributed by atoms with Crippen molar-refractivity contribution in [3.8, 4) is 0 Å². The third kappa shape index (κ3) is 2.09. The van der Waals surface area contributed by atoms with Crippen molar-refractivity contribution in [1.82, 2.24) is 0 Å². The number of carbonyl (C=O) groups is 1. The van der Waals surface area contributed by atoms with Gasteiger partial charge < -0.3 is 5.73 Å². The zero-order chi connectivity index (χ0) is 10.6. The second-order valence-corrected chi connectivity index (χ2v) is 3.23. The van der Waals surface area contributed by atoms with Crippen LogP contribution in [0.2, 0.25) is 0 Å². The van der Waals surface area contributed by atoms with Gasteiger partial charge in [0.2, 0.25) is 0 Å². The molecule has 2 heteroatoms. The van der Waals surface area contributed by atoms with Gasteiger partial charge in [-0.05, 0) is 18.1 Å². The molecule has 0 saturated carbocycles. The molecule has 1 aromatic carbocycles. The van der Waals surface area contributed by atoms with E-state index in [1.54, 1.807) is 13.0 Å². The largest absolute Gasteiger partial charge is 0.326 e. The second kappa shape index (κ2) is 4.72. The highest BCUT2D eigenvalue weighted by molar-refractivity contribution is 5.85. The Kier molecular flexibility index (Phi) is 3.60. The number of hydrogen-bond acceptors (Lipinski definition) is 2. The van der Waals surface area contributed by atoms with E-state index >= 15 is 0 Å². The summed E-state index contributed by atoms with van der Waals surface area (Å²) >= 11 is 0. The first-order valence-electron chi connectivity index (χ1n) is 4.61. The van der Waals surface area contributed by atoms with E-state index in [0.717, 1.165) is 11.1 Å². The molecule has 0 saturated heterocycles. The summed E-state index contributed by atoms with van der Waals surface area (Å²) in [6.07, 6.45) is 1.66. The molecule has 0 aliphatic heterocycles. The lowest BCUT2D eigenvalue weighted by Gasteiger charge is -2.13. The van der Waals surface area contributed by atoms with Crippen molar-refractivity contribution >= 4 is 5.78 Å². The zero-order valence-corrected chi connectivity index (χ0v) is 8.36. The number of carbonyl (C=O) groups excluding carboxylic acids is 1. The van der Waals surface area contributed by atoms with Crippen LogP contribution in [0.3, 0.4) is 0 Å². The van der Waals surface area contributed by atoms with Crippen LogP contribution in [0.1, 0.15) is 24.0 Å². The molecule has 0 bridgehead atoms. The van der Waals surface area contributed by atoms with Crippen LogP contribution in [0.25, 0.3) is 0 Å². The van der Waals surface area contributed by atoms with Crippen LogP contribution in [0.15, 0.2) is 36.9 Å². The van der Waals surface area contributed by atoms with Gasteiger partial charge in [-0.15, -0.1) is 6.58 Å². The summed E-state index contributed by atoms with van der Waals surface area (Å²) in [5, 5.41) is 0. The maximum Gasteiger partial charge on any atom is 0.141 e. The maximum absolute atomic E-state index is 11.3. The lowest BCUT2D eigenvalue weighted by molar-refractivity contribution is -0.117. The Bertz CT molecular complexity index is 344. The summed E-state index contributed by atoms with van der Waals surface area (Å²) in [5.74, 6) is -0.129. The van der Waals surface area contributed by atoms with Crippen LogP contribution in [-0.2, 0) is 11.3 Å². The van der Waals surface area contributed by atoms with Crippen LogP contribution in [-0.4, -0.2) is 5.78 Å². The molecule has 1 atom stereocenters. The molecule has 1 unspecified atom stereocenters. The Labute approximate surface area is 84.4 Å². The van der Waals surface area contributed by atoms with E-state index < -0.39 is 0 Å². The second-order valence-electron chi connectivity index (χ2n) is 3.23. The number of Topliss-reactive ketones (excluding diaryl/α,β-unsaturated/α-hetero) is 1. The van der Waals surface area contributed by atoms with Gasteiger partial charge in [-0.2, -0.15) is 0 Å². The van der Waals surface area contributed by atoms with Crippen molar-refractivity contribution in [2.24, 2.45) is 5.73 Å². The van der Waals surface area contributed by atoms with Gasteiger partial charge in [0.15, 0.2) is 0 Å². The predicted octanol–water partition coefficient (Wildman–Crippen LogP) is 2.00. The van der Waals surface area contributed by atoms with Gasteiger partial charge in [0.1, 0.15) is 5.78 Å². The van der Waals surface area contributed by atoms with Crippen molar-refractivity contribution in [2.45, 2.75) is 19.4 Å². The van der Waals surface area contributed by atoms with Gasteiger partial charge >= 0.3 is 0 Å². The Morgan fingerprint density at radius 3 is 2.71 bits per heavy atom. The molecule has 0 spiro atoms. The normalized spacial score (nSPS) is 12.1. The molecule has 0 amide bonds. The fourth-order valence-electron chi connectivity index (χ4n) is 1.54. The molecular formula is C12H15NO. The first kappa shape index (κ1) is 10.7. The van der Waals surface area contributed by atoms with Gasteiger partial charge in [-0.1, -0.05) is 30.3 Å². The smallest absolute Gasteiger partial charge is 0.141 e. The Balaban J connectivity index is 3.15. The van der Waals surface area contributed by atoms with Gasteiger partial charge in [-0.3, -0.25) is 4.79 Å². The molecule has 14 heavy (non-hydrogen) atoms. The molecule has 0 aliphatic rings. The quantitative estimate of drug-likeness (QED) is 0.736. The van der Waals surface area contributed by atoms with Gasteiger partial charge in [0.05, 0.1) is 5.92 Å². The fraction of sp³-hybridized carbons (Fsp3) is 0.250. The number of nitrogens with two attached hydrogens (primary N) is 1. The zero-order valence-electron chi connectivity index (χ0n) is 8.36. The van der Waals surface area contributed by atoms with E-state index in [1.807, 2.05) is 24.3 Å². The average molecular weight is 189 g/mol. The molecule has 2 N–H and O–H groups in total. The van der Waals surface area contributed by atoms with Gasteiger partial charge in [0, 0.05) is 6.54 Å². The number of allylic oxidation sites excluding steroid dienone is 1. The third-order valence-corrected chi connectivity index (χ3v) is 2.28. The Hall–Kier alpha value is -1.41. The molecule has 0 aliphatic carbocycles. The first-order chi connectivity index (χ1) is 6.70. The summed E-state index contributed by atoms with van der Waals surface area (Å²) in [6.45, 7) is 5.69. The monoisotopic (exact) mass is 189 g/mol. The highest BCUT2D eigenvalue weighted by Crippen LogP contribution is 2.21. The summed E-state index contributed by atoms with van der Waals surface area (Å²) in [5.41, 5.74) is 7.57. The number of hydrogen-bond donors (Lipinski definition) is 1. The number of benzene rings is 1. The average Bonchev–Trinajstić information content (AvgIpc) is 2.19. The van der Waals surface area contributed by atoms with Crippen molar-refractivity contribution in [3.05, 3.63) is 48.0 Å². The predicted molar refractivity (Wildman–Crippen MR) is 58.0 cm³/mol. The molecule has 1 aromatic rings. The van der Waals surface area contributed by atoms with Crippen LogP contribution in [0.4, 0.5) is 0 Å². The third-order valence-electron chi connectivity index (χ3n) is 2.28. The van der Waals surface area contributed by atoms with E-state index in [0.29, 0.717) is 6.54 Å². The van der Waals surface area contributed by atoms with E-state index in [1.165, 1.54) is 0 Å². The molecule has 0 aromatic heterocycles. The first-order valence-corrected chi connectivity index (χ1v) is 4.61. The van der Waals surface area contributed by atoms with Crippen molar-refractivity contribution in [3.63, 3.8) is 0 Å². The molecule has 0 heterocycles. The van der Waals surface area contributed by atoms with E-state index in [2.05, 4.69) is 6.58 Å².